The first-order chi connectivity index (χ1) is 12.2. The molecule has 25 heavy (non-hydrogen) atoms. The van der Waals surface area contributed by atoms with Gasteiger partial charge in [-0.2, -0.15) is 5.10 Å². The average molecular weight is 331 g/mol. The van der Waals surface area contributed by atoms with E-state index in [9.17, 15) is 4.79 Å². The van der Waals surface area contributed by atoms with Crippen molar-refractivity contribution >= 4 is 22.6 Å². The van der Waals surface area contributed by atoms with Gasteiger partial charge in [0.05, 0.1) is 6.42 Å². The zero-order chi connectivity index (χ0) is 17.2. The first-order valence-corrected chi connectivity index (χ1v) is 7.99. The minimum atomic E-state index is -0.0984. The monoisotopic (exact) mass is 331 g/mol. The summed E-state index contributed by atoms with van der Waals surface area (Å²) in [6.45, 7) is 0. The van der Waals surface area contributed by atoms with Crippen molar-refractivity contribution in [3.8, 4) is 11.1 Å². The number of benzene rings is 1. The van der Waals surface area contributed by atoms with Crippen LogP contribution in [0.2, 0.25) is 0 Å². The molecular formula is C19H17N5O. The summed E-state index contributed by atoms with van der Waals surface area (Å²) in [6.07, 6.45) is 7.50. The summed E-state index contributed by atoms with van der Waals surface area (Å²) in [5, 5.41) is 8.37. The predicted octanol–water partition coefficient (Wildman–Crippen LogP) is 3.14. The van der Waals surface area contributed by atoms with Crippen molar-refractivity contribution in [3.05, 3.63) is 66.7 Å². The molecule has 6 nitrogen and oxygen atoms in total. The highest BCUT2D eigenvalue weighted by atomic mass is 16.1. The fourth-order valence-corrected chi connectivity index (χ4v) is 2.95. The first kappa shape index (κ1) is 15.1. The van der Waals surface area contributed by atoms with Gasteiger partial charge >= 0.3 is 0 Å². The van der Waals surface area contributed by atoms with Gasteiger partial charge in [0, 0.05) is 48.3 Å². The lowest BCUT2D eigenvalue weighted by atomic mass is 10.1. The second kappa shape index (κ2) is 6.24. The van der Waals surface area contributed by atoms with Crippen LogP contribution in [0.25, 0.3) is 22.0 Å². The molecule has 3 heterocycles. The van der Waals surface area contributed by atoms with Gasteiger partial charge in [-0.05, 0) is 29.3 Å². The number of rotatable bonds is 4. The van der Waals surface area contributed by atoms with E-state index in [1.165, 1.54) is 0 Å². The van der Waals surface area contributed by atoms with Gasteiger partial charge in [0.1, 0.15) is 0 Å². The van der Waals surface area contributed by atoms with Gasteiger partial charge in [0.2, 0.25) is 5.91 Å². The number of fused-ring (bicyclic) bond motifs is 1. The number of nitrogens with one attached hydrogen (secondary N) is 2. The van der Waals surface area contributed by atoms with E-state index in [0.29, 0.717) is 5.82 Å². The van der Waals surface area contributed by atoms with E-state index in [1.807, 2.05) is 55.8 Å². The Morgan fingerprint density at radius 3 is 2.84 bits per heavy atom. The van der Waals surface area contributed by atoms with Gasteiger partial charge < -0.3 is 10.3 Å². The number of nitrogens with zero attached hydrogens (tertiary/aromatic N) is 3. The van der Waals surface area contributed by atoms with Gasteiger partial charge in [0.25, 0.3) is 0 Å². The second-order valence-electron chi connectivity index (χ2n) is 5.89. The Balaban J connectivity index is 1.57. The Kier molecular flexibility index (Phi) is 3.78. The number of aromatic nitrogens is 4. The summed E-state index contributed by atoms with van der Waals surface area (Å²) in [6, 6.07) is 11.7. The predicted molar refractivity (Wildman–Crippen MR) is 97.1 cm³/mol. The molecule has 0 atom stereocenters. The second-order valence-corrected chi connectivity index (χ2v) is 5.89. The fourth-order valence-electron chi connectivity index (χ4n) is 2.95. The highest BCUT2D eigenvalue weighted by molar-refractivity contribution is 5.97. The lowest BCUT2D eigenvalue weighted by Crippen LogP contribution is -2.15. The molecule has 0 aliphatic carbocycles. The van der Waals surface area contributed by atoms with Crippen LogP contribution in [0.1, 0.15) is 5.56 Å². The molecule has 1 aromatic carbocycles. The molecule has 2 N–H and O–H groups in total. The van der Waals surface area contributed by atoms with E-state index in [2.05, 4.69) is 20.4 Å². The minimum absolute atomic E-state index is 0.0984. The van der Waals surface area contributed by atoms with Crippen molar-refractivity contribution in [2.24, 2.45) is 7.05 Å². The van der Waals surface area contributed by atoms with Crippen LogP contribution in [0.4, 0.5) is 5.82 Å². The molecule has 0 fully saturated rings. The molecule has 0 saturated heterocycles. The molecule has 6 heteroatoms. The number of aryl methyl sites for hydroxylation is 1. The Hall–Kier alpha value is -3.41. The first-order valence-electron chi connectivity index (χ1n) is 7.99. The largest absolute Gasteiger partial charge is 0.361 e. The normalized spacial score (nSPS) is 10.9. The van der Waals surface area contributed by atoms with Gasteiger partial charge in [-0.3, -0.25) is 14.5 Å². The summed E-state index contributed by atoms with van der Waals surface area (Å²) in [5.41, 5.74) is 3.83. The molecule has 0 aliphatic rings. The highest BCUT2D eigenvalue weighted by Crippen LogP contribution is 2.26. The van der Waals surface area contributed by atoms with Crippen molar-refractivity contribution in [2.75, 3.05) is 5.32 Å². The Morgan fingerprint density at radius 1 is 1.20 bits per heavy atom. The Labute approximate surface area is 144 Å². The molecule has 1 amide bonds. The van der Waals surface area contributed by atoms with Gasteiger partial charge in [-0.25, -0.2) is 0 Å². The van der Waals surface area contributed by atoms with Crippen LogP contribution >= 0.6 is 0 Å². The summed E-state index contributed by atoms with van der Waals surface area (Å²) in [7, 11) is 1.83. The van der Waals surface area contributed by atoms with Gasteiger partial charge in [0.15, 0.2) is 5.82 Å². The van der Waals surface area contributed by atoms with Crippen LogP contribution in [0, 0.1) is 0 Å². The molecule has 3 aromatic heterocycles. The third-order valence-electron chi connectivity index (χ3n) is 4.10. The van der Waals surface area contributed by atoms with Gasteiger partial charge in [-0.1, -0.05) is 18.2 Å². The standard InChI is InChI=1S/C19H17N5O/c1-24-12-16(13-6-8-20-9-7-13)19(23-24)22-18(25)10-14-11-21-17-5-3-2-4-15(14)17/h2-9,11-12,21H,10H2,1H3,(H,22,23,25). The molecule has 4 rings (SSSR count). The molecule has 0 saturated carbocycles. The van der Waals surface area contributed by atoms with E-state index in [-0.39, 0.29) is 12.3 Å². The van der Waals surface area contributed by atoms with Gasteiger partial charge in [-0.15, -0.1) is 0 Å². The quantitative estimate of drug-likeness (QED) is 0.603. The molecule has 4 aromatic rings. The number of carbonyl (C=O) groups excluding carboxylic acids is 1. The maximum absolute atomic E-state index is 12.5. The van der Waals surface area contributed by atoms with Crippen LogP contribution in [-0.4, -0.2) is 25.7 Å². The Bertz CT molecular complexity index is 1030. The molecule has 0 aliphatic heterocycles. The SMILES string of the molecule is Cn1cc(-c2ccncc2)c(NC(=O)Cc2c[nH]c3ccccc23)n1. The third kappa shape index (κ3) is 3.01. The number of aromatic amines is 1. The van der Waals surface area contributed by atoms with E-state index in [1.54, 1.807) is 17.1 Å². The smallest absolute Gasteiger partial charge is 0.230 e. The molecule has 124 valence electrons. The Morgan fingerprint density at radius 2 is 2.00 bits per heavy atom. The fraction of sp³-hybridized carbons (Fsp3) is 0.105. The summed E-state index contributed by atoms with van der Waals surface area (Å²) < 4.78 is 1.69. The maximum atomic E-state index is 12.5. The number of H-pyrrole nitrogens is 1. The number of hydrogen-bond acceptors (Lipinski definition) is 3. The molecular weight excluding hydrogens is 314 g/mol. The lowest BCUT2D eigenvalue weighted by Gasteiger charge is -2.05. The van der Waals surface area contributed by atoms with E-state index in [4.69, 9.17) is 0 Å². The van der Waals surface area contributed by atoms with E-state index >= 15 is 0 Å². The van der Waals surface area contributed by atoms with E-state index < -0.39 is 0 Å². The summed E-state index contributed by atoms with van der Waals surface area (Å²) >= 11 is 0. The van der Waals surface area contributed by atoms with Crippen molar-refractivity contribution in [1.29, 1.82) is 0 Å². The van der Waals surface area contributed by atoms with Crippen LogP contribution in [0.5, 0.6) is 0 Å². The molecule has 0 bridgehead atoms. The molecule has 0 spiro atoms. The summed E-state index contributed by atoms with van der Waals surface area (Å²) in [4.78, 5) is 19.8. The topological polar surface area (TPSA) is 75.6 Å². The van der Waals surface area contributed by atoms with Crippen LogP contribution in [-0.2, 0) is 18.3 Å². The molecule has 0 radical (unpaired) electrons. The maximum Gasteiger partial charge on any atom is 0.230 e. The number of carbonyl (C=O) groups is 1. The molecule has 0 unspecified atom stereocenters. The van der Waals surface area contributed by atoms with Crippen molar-refractivity contribution in [2.45, 2.75) is 6.42 Å². The number of para-hydroxylation sites is 1. The van der Waals surface area contributed by atoms with Crippen molar-refractivity contribution < 1.29 is 4.79 Å². The third-order valence-corrected chi connectivity index (χ3v) is 4.10. The highest BCUT2D eigenvalue weighted by Gasteiger charge is 2.14. The number of pyridine rings is 1. The number of anilines is 1. The van der Waals surface area contributed by atoms with Crippen LogP contribution in [0.15, 0.2) is 61.2 Å². The van der Waals surface area contributed by atoms with Crippen LogP contribution < -0.4 is 5.32 Å². The van der Waals surface area contributed by atoms with Crippen molar-refractivity contribution in [1.82, 2.24) is 19.7 Å². The van der Waals surface area contributed by atoms with E-state index in [0.717, 1.165) is 27.6 Å². The van der Waals surface area contributed by atoms with Crippen LogP contribution in [0.3, 0.4) is 0 Å². The lowest BCUT2D eigenvalue weighted by molar-refractivity contribution is -0.115. The summed E-state index contributed by atoms with van der Waals surface area (Å²) in [5.74, 6) is 0.456. The zero-order valence-electron chi connectivity index (χ0n) is 13.7. The number of hydrogen-bond donors (Lipinski definition) is 2. The van der Waals surface area contributed by atoms with Crippen molar-refractivity contribution in [3.63, 3.8) is 0 Å². The zero-order valence-corrected chi connectivity index (χ0v) is 13.7. The number of amides is 1. The minimum Gasteiger partial charge on any atom is -0.361 e. The average Bonchev–Trinajstić information content (AvgIpc) is 3.19.